The summed E-state index contributed by atoms with van der Waals surface area (Å²) in [7, 11) is 2.14. The Balaban J connectivity index is 1.70. The molecule has 5 nitrogen and oxygen atoms in total. The van der Waals surface area contributed by atoms with Gasteiger partial charge in [0, 0.05) is 23.7 Å². The maximum atomic E-state index is 4.32. The van der Waals surface area contributed by atoms with Crippen LogP contribution in [0.4, 0.5) is 0 Å². The minimum absolute atomic E-state index is 0.340. The maximum Gasteiger partial charge on any atom is 0.138 e. The van der Waals surface area contributed by atoms with E-state index < -0.39 is 0 Å². The van der Waals surface area contributed by atoms with E-state index in [1.54, 1.807) is 28.7 Å². The zero-order valence-corrected chi connectivity index (χ0v) is 13.8. The third kappa shape index (κ3) is 3.23. The Bertz CT molecular complexity index is 717. The third-order valence-electron chi connectivity index (χ3n) is 3.79. The van der Waals surface area contributed by atoms with Crippen molar-refractivity contribution in [2.45, 2.75) is 26.4 Å². The van der Waals surface area contributed by atoms with E-state index in [0.717, 1.165) is 17.2 Å². The molecule has 0 spiro atoms. The van der Waals surface area contributed by atoms with Gasteiger partial charge in [0.25, 0.3) is 0 Å². The van der Waals surface area contributed by atoms with Gasteiger partial charge in [0.1, 0.15) is 12.7 Å². The molecule has 2 heterocycles. The number of nitrogens with zero attached hydrogens (tertiary/aromatic N) is 5. The van der Waals surface area contributed by atoms with Crippen LogP contribution in [0.2, 0.25) is 0 Å². The van der Waals surface area contributed by atoms with Crippen LogP contribution in [0, 0.1) is 6.92 Å². The summed E-state index contributed by atoms with van der Waals surface area (Å²) < 4.78 is 1.76. The number of hydrogen-bond acceptors (Lipinski definition) is 5. The smallest absolute Gasteiger partial charge is 0.138 e. The van der Waals surface area contributed by atoms with Crippen molar-refractivity contribution in [3.8, 4) is 5.69 Å². The van der Waals surface area contributed by atoms with E-state index in [-0.39, 0.29) is 0 Å². The summed E-state index contributed by atoms with van der Waals surface area (Å²) in [6.45, 7) is 5.18. The summed E-state index contributed by atoms with van der Waals surface area (Å²) in [5.41, 5.74) is 2.31. The quantitative estimate of drug-likeness (QED) is 0.725. The maximum absolute atomic E-state index is 4.32. The van der Waals surface area contributed by atoms with Crippen LogP contribution in [0.5, 0.6) is 0 Å². The number of rotatable bonds is 5. The lowest BCUT2D eigenvalue weighted by Crippen LogP contribution is -2.21. The van der Waals surface area contributed by atoms with E-state index in [4.69, 9.17) is 0 Å². The Morgan fingerprint density at radius 2 is 2.05 bits per heavy atom. The SMILES string of the molecule is Cc1ncc(CN(C)[C@H](C)c2ccc(-n3cncn3)cc2)s1. The lowest BCUT2D eigenvalue weighted by Gasteiger charge is -2.24. The van der Waals surface area contributed by atoms with Crippen molar-refractivity contribution in [1.82, 2.24) is 24.6 Å². The number of thiazole rings is 1. The molecular weight excluding hydrogens is 294 g/mol. The Morgan fingerprint density at radius 1 is 1.27 bits per heavy atom. The lowest BCUT2D eigenvalue weighted by atomic mass is 10.1. The van der Waals surface area contributed by atoms with E-state index >= 15 is 0 Å². The van der Waals surface area contributed by atoms with Gasteiger partial charge in [-0.2, -0.15) is 5.10 Å². The Labute approximate surface area is 134 Å². The van der Waals surface area contributed by atoms with Crippen LogP contribution >= 0.6 is 11.3 Å². The van der Waals surface area contributed by atoms with Crippen LogP contribution in [0.25, 0.3) is 5.69 Å². The molecule has 0 unspecified atom stereocenters. The number of hydrogen-bond donors (Lipinski definition) is 0. The molecule has 0 saturated heterocycles. The molecule has 0 radical (unpaired) electrons. The van der Waals surface area contributed by atoms with Gasteiger partial charge < -0.3 is 0 Å². The number of aromatic nitrogens is 4. The Morgan fingerprint density at radius 3 is 2.64 bits per heavy atom. The highest BCUT2D eigenvalue weighted by molar-refractivity contribution is 7.11. The normalized spacial score (nSPS) is 12.7. The molecule has 3 aromatic rings. The highest BCUT2D eigenvalue weighted by Gasteiger charge is 2.13. The first kappa shape index (κ1) is 14.9. The standard InChI is InChI=1S/C16H19N5S/c1-12(20(3)9-16-8-18-13(2)22-16)14-4-6-15(7-5-14)21-11-17-10-19-21/h4-8,10-12H,9H2,1-3H3/t12-/m1/s1. The van der Waals surface area contributed by atoms with Crippen molar-refractivity contribution >= 4 is 11.3 Å². The molecule has 0 aliphatic rings. The van der Waals surface area contributed by atoms with Crippen LogP contribution in [0.3, 0.4) is 0 Å². The predicted molar refractivity (Wildman–Crippen MR) is 88.1 cm³/mol. The van der Waals surface area contributed by atoms with Gasteiger partial charge >= 0.3 is 0 Å². The van der Waals surface area contributed by atoms with E-state index in [1.165, 1.54) is 10.4 Å². The second-order valence-corrected chi connectivity index (χ2v) is 6.69. The van der Waals surface area contributed by atoms with E-state index in [9.17, 15) is 0 Å². The fraction of sp³-hybridized carbons (Fsp3) is 0.312. The van der Waals surface area contributed by atoms with Gasteiger partial charge in [0.15, 0.2) is 0 Å². The Kier molecular flexibility index (Phi) is 4.31. The van der Waals surface area contributed by atoms with E-state index in [0.29, 0.717) is 6.04 Å². The van der Waals surface area contributed by atoms with Crippen LogP contribution in [0.15, 0.2) is 43.1 Å². The van der Waals surface area contributed by atoms with Crippen molar-refractivity contribution < 1.29 is 0 Å². The van der Waals surface area contributed by atoms with Gasteiger partial charge in [-0.25, -0.2) is 14.6 Å². The first-order chi connectivity index (χ1) is 10.6. The fourth-order valence-corrected chi connectivity index (χ4v) is 3.22. The van der Waals surface area contributed by atoms with Gasteiger partial charge in [0.05, 0.1) is 10.7 Å². The zero-order chi connectivity index (χ0) is 15.5. The van der Waals surface area contributed by atoms with E-state index in [1.807, 2.05) is 13.1 Å². The van der Waals surface area contributed by atoms with Crippen molar-refractivity contribution in [3.05, 3.63) is 58.6 Å². The molecule has 114 valence electrons. The second-order valence-electron chi connectivity index (χ2n) is 5.37. The molecule has 0 N–H and O–H groups in total. The van der Waals surface area contributed by atoms with Crippen LogP contribution in [-0.2, 0) is 6.54 Å². The summed E-state index contributed by atoms with van der Waals surface area (Å²) in [6.07, 6.45) is 5.22. The molecule has 1 aromatic carbocycles. The summed E-state index contributed by atoms with van der Waals surface area (Å²) >= 11 is 1.76. The van der Waals surface area contributed by atoms with E-state index in [2.05, 4.69) is 58.2 Å². The van der Waals surface area contributed by atoms with Gasteiger partial charge in [0.2, 0.25) is 0 Å². The average Bonchev–Trinajstić information content (AvgIpc) is 3.18. The topological polar surface area (TPSA) is 46.8 Å². The molecule has 0 saturated carbocycles. The molecule has 22 heavy (non-hydrogen) atoms. The molecule has 1 atom stereocenters. The van der Waals surface area contributed by atoms with Crippen LogP contribution in [-0.4, -0.2) is 31.7 Å². The first-order valence-corrected chi connectivity index (χ1v) is 8.01. The van der Waals surface area contributed by atoms with Crippen molar-refractivity contribution in [1.29, 1.82) is 0 Å². The Hall–Kier alpha value is -2.05. The number of benzene rings is 1. The minimum Gasteiger partial charge on any atom is -0.295 e. The van der Waals surface area contributed by atoms with Gasteiger partial charge in [-0.05, 0) is 38.6 Å². The molecule has 3 rings (SSSR count). The minimum atomic E-state index is 0.340. The van der Waals surface area contributed by atoms with Crippen molar-refractivity contribution in [3.63, 3.8) is 0 Å². The lowest BCUT2D eigenvalue weighted by molar-refractivity contribution is 0.255. The molecule has 6 heteroatoms. The van der Waals surface area contributed by atoms with Gasteiger partial charge in [-0.15, -0.1) is 11.3 Å². The molecule has 0 bridgehead atoms. The molecule has 2 aromatic heterocycles. The average molecular weight is 313 g/mol. The largest absolute Gasteiger partial charge is 0.295 e. The van der Waals surface area contributed by atoms with Crippen LogP contribution < -0.4 is 0 Å². The predicted octanol–water partition coefficient (Wildman–Crippen LogP) is 3.23. The number of aryl methyl sites for hydroxylation is 1. The molecule has 0 aliphatic heterocycles. The highest BCUT2D eigenvalue weighted by Crippen LogP contribution is 2.23. The first-order valence-electron chi connectivity index (χ1n) is 7.20. The second kappa shape index (κ2) is 6.37. The van der Waals surface area contributed by atoms with Crippen molar-refractivity contribution in [2.75, 3.05) is 7.05 Å². The summed E-state index contributed by atoms with van der Waals surface area (Å²) in [4.78, 5) is 11.9. The monoisotopic (exact) mass is 313 g/mol. The summed E-state index contributed by atoms with van der Waals surface area (Å²) in [5, 5.41) is 5.26. The summed E-state index contributed by atoms with van der Waals surface area (Å²) in [5.74, 6) is 0. The molecule has 0 fully saturated rings. The van der Waals surface area contributed by atoms with Gasteiger partial charge in [-0.3, -0.25) is 4.90 Å². The highest BCUT2D eigenvalue weighted by atomic mass is 32.1. The van der Waals surface area contributed by atoms with Crippen molar-refractivity contribution in [2.24, 2.45) is 0 Å². The fourth-order valence-electron chi connectivity index (χ4n) is 2.36. The zero-order valence-electron chi connectivity index (χ0n) is 13.0. The molecule has 0 amide bonds. The van der Waals surface area contributed by atoms with Crippen LogP contribution in [0.1, 0.15) is 28.4 Å². The molecule has 0 aliphatic carbocycles. The van der Waals surface area contributed by atoms with Gasteiger partial charge in [-0.1, -0.05) is 12.1 Å². The molecular formula is C16H19N5S. The summed E-state index contributed by atoms with van der Waals surface area (Å²) in [6, 6.07) is 8.79. The third-order valence-corrected chi connectivity index (χ3v) is 4.69.